The summed E-state index contributed by atoms with van der Waals surface area (Å²) in [7, 11) is 3.41. The quantitative estimate of drug-likeness (QED) is 0.818. The number of nitrogens with two attached hydrogens (primary N) is 1. The molecule has 2 amide bonds. The maximum Gasteiger partial charge on any atom is 0.224 e. The SMILES string of the molecule is Cc1ccc(N)cc1NC(=O)CCCC(=O)N(C)C.Cl. The number of aryl methyl sites for hydroxylation is 1. The van der Waals surface area contributed by atoms with Gasteiger partial charge in [-0.05, 0) is 31.0 Å². The highest BCUT2D eigenvalue weighted by molar-refractivity contribution is 5.92. The molecule has 0 fully saturated rings. The van der Waals surface area contributed by atoms with Crippen molar-refractivity contribution in [3.05, 3.63) is 23.8 Å². The van der Waals surface area contributed by atoms with E-state index in [0.29, 0.717) is 24.9 Å². The molecule has 1 aromatic rings. The third-order valence-electron chi connectivity index (χ3n) is 2.83. The van der Waals surface area contributed by atoms with Crippen LogP contribution in [0.1, 0.15) is 24.8 Å². The van der Waals surface area contributed by atoms with E-state index in [-0.39, 0.29) is 24.2 Å². The van der Waals surface area contributed by atoms with Gasteiger partial charge in [0.15, 0.2) is 0 Å². The molecular weight excluding hydrogens is 278 g/mol. The van der Waals surface area contributed by atoms with Crippen LogP contribution in [-0.2, 0) is 9.59 Å². The molecule has 3 N–H and O–H groups in total. The highest BCUT2D eigenvalue weighted by atomic mass is 35.5. The monoisotopic (exact) mass is 299 g/mol. The topological polar surface area (TPSA) is 75.4 Å². The Labute approximate surface area is 125 Å². The van der Waals surface area contributed by atoms with E-state index in [4.69, 9.17) is 5.73 Å². The first-order valence-corrected chi connectivity index (χ1v) is 6.26. The third-order valence-corrected chi connectivity index (χ3v) is 2.83. The van der Waals surface area contributed by atoms with Crippen LogP contribution in [0.15, 0.2) is 18.2 Å². The molecule has 0 atom stereocenters. The number of nitrogen functional groups attached to an aromatic ring is 1. The first-order valence-electron chi connectivity index (χ1n) is 6.26. The lowest BCUT2D eigenvalue weighted by Crippen LogP contribution is -2.22. The first-order chi connectivity index (χ1) is 8.90. The molecule has 0 bridgehead atoms. The Morgan fingerprint density at radius 3 is 2.50 bits per heavy atom. The van der Waals surface area contributed by atoms with Crippen LogP contribution in [0.2, 0.25) is 0 Å². The van der Waals surface area contributed by atoms with Crippen molar-refractivity contribution in [1.82, 2.24) is 4.90 Å². The van der Waals surface area contributed by atoms with E-state index >= 15 is 0 Å². The predicted octanol–water partition coefficient (Wildman–Crippen LogP) is 2.20. The smallest absolute Gasteiger partial charge is 0.224 e. The van der Waals surface area contributed by atoms with Crippen LogP contribution in [0.3, 0.4) is 0 Å². The Hall–Kier alpha value is -1.75. The Morgan fingerprint density at radius 2 is 1.90 bits per heavy atom. The highest BCUT2D eigenvalue weighted by Crippen LogP contribution is 2.18. The van der Waals surface area contributed by atoms with Gasteiger partial charge in [0.2, 0.25) is 11.8 Å². The summed E-state index contributed by atoms with van der Waals surface area (Å²) < 4.78 is 0. The number of amides is 2. The third kappa shape index (κ3) is 5.93. The standard InChI is InChI=1S/C14H21N3O2.ClH/c1-10-7-8-11(15)9-12(10)16-13(18)5-4-6-14(19)17(2)3;/h7-9H,4-6,15H2,1-3H3,(H,16,18);1H. The van der Waals surface area contributed by atoms with Gasteiger partial charge >= 0.3 is 0 Å². The van der Waals surface area contributed by atoms with Crippen LogP contribution in [0.5, 0.6) is 0 Å². The minimum atomic E-state index is -0.0970. The van der Waals surface area contributed by atoms with Crippen LogP contribution in [0, 0.1) is 6.92 Å². The van der Waals surface area contributed by atoms with Gasteiger partial charge in [-0.15, -0.1) is 12.4 Å². The van der Waals surface area contributed by atoms with Crippen molar-refractivity contribution in [2.24, 2.45) is 0 Å². The van der Waals surface area contributed by atoms with Gasteiger partial charge in [0, 0.05) is 38.3 Å². The van der Waals surface area contributed by atoms with E-state index in [1.165, 1.54) is 4.90 Å². The summed E-state index contributed by atoms with van der Waals surface area (Å²) in [6, 6.07) is 5.39. The molecular formula is C14H22ClN3O2. The summed E-state index contributed by atoms with van der Waals surface area (Å²) in [4.78, 5) is 24.6. The highest BCUT2D eigenvalue weighted by Gasteiger charge is 2.08. The zero-order chi connectivity index (χ0) is 14.4. The lowest BCUT2D eigenvalue weighted by molar-refractivity contribution is -0.128. The average molecular weight is 300 g/mol. The molecule has 112 valence electrons. The largest absolute Gasteiger partial charge is 0.399 e. The lowest BCUT2D eigenvalue weighted by atomic mass is 10.1. The molecule has 0 saturated carbocycles. The maximum atomic E-state index is 11.8. The predicted molar refractivity (Wildman–Crippen MR) is 84.0 cm³/mol. The summed E-state index contributed by atoms with van der Waals surface area (Å²) in [6.07, 6.45) is 1.26. The van der Waals surface area contributed by atoms with Gasteiger partial charge in [0.1, 0.15) is 0 Å². The fourth-order valence-corrected chi connectivity index (χ4v) is 1.61. The molecule has 0 unspecified atom stereocenters. The van der Waals surface area contributed by atoms with Crippen molar-refractivity contribution < 1.29 is 9.59 Å². The zero-order valence-electron chi connectivity index (χ0n) is 12.1. The molecule has 0 aromatic heterocycles. The average Bonchev–Trinajstić information content (AvgIpc) is 2.33. The number of rotatable bonds is 5. The Bertz CT molecular complexity index is 475. The second kappa shape index (κ2) is 8.43. The molecule has 0 radical (unpaired) electrons. The zero-order valence-corrected chi connectivity index (χ0v) is 12.9. The fourth-order valence-electron chi connectivity index (χ4n) is 1.61. The molecule has 1 aromatic carbocycles. The van der Waals surface area contributed by atoms with Crippen LogP contribution in [-0.4, -0.2) is 30.8 Å². The number of halogens is 1. The Kier molecular flexibility index (Phi) is 7.69. The molecule has 0 spiro atoms. The molecule has 20 heavy (non-hydrogen) atoms. The van der Waals surface area contributed by atoms with Gasteiger partial charge in [-0.25, -0.2) is 0 Å². The molecule has 0 aliphatic heterocycles. The molecule has 0 saturated heterocycles. The molecule has 6 heteroatoms. The Morgan fingerprint density at radius 1 is 1.25 bits per heavy atom. The summed E-state index contributed by atoms with van der Waals surface area (Å²) in [6.45, 7) is 1.91. The normalized spacial score (nSPS) is 9.55. The number of nitrogens with one attached hydrogen (secondary N) is 1. The summed E-state index contributed by atoms with van der Waals surface area (Å²) in [5.41, 5.74) is 7.98. The molecule has 1 rings (SSSR count). The molecule has 0 aliphatic rings. The van der Waals surface area contributed by atoms with Crippen molar-refractivity contribution >= 4 is 35.6 Å². The van der Waals surface area contributed by atoms with E-state index in [1.807, 2.05) is 13.0 Å². The summed E-state index contributed by atoms with van der Waals surface area (Å²) >= 11 is 0. The molecule has 5 nitrogen and oxygen atoms in total. The minimum Gasteiger partial charge on any atom is -0.399 e. The number of carbonyl (C=O) groups is 2. The van der Waals surface area contributed by atoms with E-state index < -0.39 is 0 Å². The molecule has 0 aliphatic carbocycles. The second-order valence-corrected chi connectivity index (χ2v) is 4.76. The van der Waals surface area contributed by atoms with Gasteiger partial charge in [-0.2, -0.15) is 0 Å². The summed E-state index contributed by atoms with van der Waals surface area (Å²) in [5.74, 6) is -0.0619. The van der Waals surface area contributed by atoms with Gasteiger partial charge in [0.05, 0.1) is 0 Å². The van der Waals surface area contributed by atoms with Crippen LogP contribution >= 0.6 is 12.4 Å². The van der Waals surface area contributed by atoms with E-state index in [2.05, 4.69) is 5.32 Å². The van der Waals surface area contributed by atoms with Gasteiger partial charge in [0.25, 0.3) is 0 Å². The number of anilines is 2. The van der Waals surface area contributed by atoms with Crippen molar-refractivity contribution in [3.8, 4) is 0 Å². The Balaban J connectivity index is 0.00000361. The van der Waals surface area contributed by atoms with Crippen molar-refractivity contribution in [2.75, 3.05) is 25.1 Å². The van der Waals surface area contributed by atoms with Crippen LogP contribution in [0.25, 0.3) is 0 Å². The van der Waals surface area contributed by atoms with Crippen molar-refractivity contribution in [3.63, 3.8) is 0 Å². The van der Waals surface area contributed by atoms with Crippen LogP contribution in [0.4, 0.5) is 11.4 Å². The first kappa shape index (κ1) is 18.2. The number of nitrogens with zero attached hydrogens (tertiary/aromatic N) is 1. The van der Waals surface area contributed by atoms with Crippen molar-refractivity contribution in [1.29, 1.82) is 0 Å². The fraction of sp³-hybridized carbons (Fsp3) is 0.429. The van der Waals surface area contributed by atoms with E-state index in [9.17, 15) is 9.59 Å². The molecule has 0 heterocycles. The van der Waals surface area contributed by atoms with Crippen molar-refractivity contribution in [2.45, 2.75) is 26.2 Å². The second-order valence-electron chi connectivity index (χ2n) is 4.76. The number of benzene rings is 1. The van der Waals surface area contributed by atoms with Crippen LogP contribution < -0.4 is 11.1 Å². The maximum absolute atomic E-state index is 11.8. The minimum absolute atomic E-state index is 0. The van der Waals surface area contributed by atoms with Gasteiger partial charge in [-0.3, -0.25) is 9.59 Å². The van der Waals surface area contributed by atoms with Gasteiger partial charge < -0.3 is 16.0 Å². The summed E-state index contributed by atoms with van der Waals surface area (Å²) in [5, 5.41) is 2.81. The van der Waals surface area contributed by atoms with Gasteiger partial charge in [-0.1, -0.05) is 6.07 Å². The van der Waals surface area contributed by atoms with E-state index in [0.717, 1.165) is 11.3 Å². The number of hydrogen-bond acceptors (Lipinski definition) is 3. The van der Waals surface area contributed by atoms with E-state index in [1.54, 1.807) is 26.2 Å². The number of carbonyl (C=O) groups excluding carboxylic acids is 2. The lowest BCUT2D eigenvalue weighted by Gasteiger charge is -2.11. The number of hydrogen-bond donors (Lipinski definition) is 2.